The molecule has 0 bridgehead atoms. The van der Waals surface area contributed by atoms with E-state index in [1.54, 1.807) is 19.4 Å². The first-order valence-electron chi connectivity index (χ1n) is 9.19. The average molecular weight is 376 g/mol. The number of carbonyl (C=O) groups is 1. The number of methoxy groups -OCH3 is 1. The topological polar surface area (TPSA) is 76.1 Å². The van der Waals surface area contributed by atoms with Gasteiger partial charge >= 0.3 is 0 Å². The first-order valence-corrected chi connectivity index (χ1v) is 9.19. The monoisotopic (exact) mass is 376 g/mol. The van der Waals surface area contributed by atoms with Crippen LogP contribution in [0.25, 0.3) is 0 Å². The maximum Gasteiger partial charge on any atom is 0.270 e. The van der Waals surface area contributed by atoms with Gasteiger partial charge in [0.15, 0.2) is 0 Å². The largest absolute Gasteiger partial charge is 0.496 e. The fourth-order valence-corrected chi connectivity index (χ4v) is 2.86. The van der Waals surface area contributed by atoms with Crippen LogP contribution in [0.2, 0.25) is 0 Å². The second-order valence-corrected chi connectivity index (χ2v) is 6.36. The van der Waals surface area contributed by atoms with Crippen LogP contribution in [0.3, 0.4) is 0 Å². The highest BCUT2D eigenvalue weighted by molar-refractivity contribution is 5.92. The maximum atomic E-state index is 12.4. The van der Waals surface area contributed by atoms with Gasteiger partial charge in [-0.2, -0.15) is 0 Å². The number of hydrogen-bond donors (Lipinski definition) is 2. The molecule has 0 aliphatic carbocycles. The molecule has 0 fully saturated rings. The normalized spacial score (nSPS) is 10.4. The van der Waals surface area contributed by atoms with Gasteiger partial charge in [-0.25, -0.2) is 9.97 Å². The maximum absolute atomic E-state index is 12.4. The Hall–Kier alpha value is -3.41. The summed E-state index contributed by atoms with van der Waals surface area (Å²) < 4.78 is 5.33. The Bertz CT molecular complexity index is 943. The van der Waals surface area contributed by atoms with E-state index in [1.807, 2.05) is 36.4 Å². The lowest BCUT2D eigenvalue weighted by atomic mass is 10.1. The summed E-state index contributed by atoms with van der Waals surface area (Å²) in [5.74, 6) is 1.03. The van der Waals surface area contributed by atoms with Crippen molar-refractivity contribution < 1.29 is 9.53 Å². The van der Waals surface area contributed by atoms with Gasteiger partial charge in [0.2, 0.25) is 5.95 Å². The highest BCUT2D eigenvalue weighted by atomic mass is 16.5. The molecule has 1 amide bonds. The van der Waals surface area contributed by atoms with Crippen molar-refractivity contribution >= 4 is 11.9 Å². The number of nitrogens with one attached hydrogen (secondary N) is 2. The zero-order chi connectivity index (χ0) is 19.8. The molecule has 0 unspecified atom stereocenters. The van der Waals surface area contributed by atoms with Crippen LogP contribution in [0.4, 0.5) is 5.95 Å². The van der Waals surface area contributed by atoms with Crippen molar-refractivity contribution in [1.29, 1.82) is 0 Å². The third kappa shape index (κ3) is 5.07. The van der Waals surface area contributed by atoms with Crippen LogP contribution < -0.4 is 15.4 Å². The highest BCUT2D eigenvalue weighted by Crippen LogP contribution is 2.17. The Morgan fingerprint density at radius 3 is 2.57 bits per heavy atom. The Morgan fingerprint density at radius 2 is 1.79 bits per heavy atom. The second kappa shape index (κ2) is 9.50. The lowest BCUT2D eigenvalue weighted by molar-refractivity contribution is 0.0949. The minimum Gasteiger partial charge on any atom is -0.496 e. The smallest absolute Gasteiger partial charge is 0.270 e. The summed E-state index contributed by atoms with van der Waals surface area (Å²) in [6.07, 6.45) is 2.27. The Kier molecular flexibility index (Phi) is 6.57. The number of anilines is 1. The second-order valence-electron chi connectivity index (χ2n) is 6.36. The van der Waals surface area contributed by atoms with Gasteiger partial charge in [-0.15, -0.1) is 0 Å². The molecule has 0 aliphatic heterocycles. The van der Waals surface area contributed by atoms with Crippen molar-refractivity contribution in [2.24, 2.45) is 0 Å². The molecule has 144 valence electrons. The van der Waals surface area contributed by atoms with Gasteiger partial charge in [0.1, 0.15) is 11.4 Å². The lowest BCUT2D eigenvalue weighted by Crippen LogP contribution is -2.27. The molecule has 0 atom stereocenters. The van der Waals surface area contributed by atoms with E-state index in [9.17, 15) is 4.79 Å². The molecule has 6 nitrogen and oxygen atoms in total. The van der Waals surface area contributed by atoms with E-state index in [2.05, 4.69) is 39.7 Å². The molecule has 0 saturated carbocycles. The highest BCUT2D eigenvalue weighted by Gasteiger charge is 2.09. The van der Waals surface area contributed by atoms with E-state index in [0.29, 0.717) is 31.2 Å². The molecule has 0 radical (unpaired) electrons. The van der Waals surface area contributed by atoms with Gasteiger partial charge < -0.3 is 15.4 Å². The fraction of sp³-hybridized carbons (Fsp3) is 0.227. The molecule has 3 rings (SSSR count). The van der Waals surface area contributed by atoms with Crippen LogP contribution in [-0.4, -0.2) is 29.5 Å². The number of para-hydroxylation sites is 1. The van der Waals surface area contributed by atoms with Crippen LogP contribution in [0.1, 0.15) is 27.2 Å². The van der Waals surface area contributed by atoms with Gasteiger partial charge in [-0.05, 0) is 42.2 Å². The molecule has 2 aromatic carbocycles. The van der Waals surface area contributed by atoms with Crippen molar-refractivity contribution in [3.05, 3.63) is 83.2 Å². The molecule has 1 aromatic heterocycles. The van der Waals surface area contributed by atoms with E-state index < -0.39 is 0 Å². The number of hydrogen-bond acceptors (Lipinski definition) is 5. The summed E-state index contributed by atoms with van der Waals surface area (Å²) in [6, 6.07) is 17.5. The van der Waals surface area contributed by atoms with Crippen LogP contribution in [-0.2, 0) is 13.0 Å². The molecule has 0 spiro atoms. The number of nitrogens with zero attached hydrogens (tertiary/aromatic N) is 2. The van der Waals surface area contributed by atoms with Gasteiger partial charge in [-0.3, -0.25) is 4.79 Å². The van der Waals surface area contributed by atoms with E-state index in [-0.39, 0.29) is 5.91 Å². The summed E-state index contributed by atoms with van der Waals surface area (Å²) >= 11 is 0. The minimum atomic E-state index is -0.226. The Labute approximate surface area is 165 Å². The molecular formula is C22H24N4O2. The van der Waals surface area contributed by atoms with E-state index in [0.717, 1.165) is 16.9 Å². The third-order valence-electron chi connectivity index (χ3n) is 4.46. The van der Waals surface area contributed by atoms with Crippen LogP contribution >= 0.6 is 0 Å². The molecule has 0 saturated heterocycles. The fourth-order valence-electron chi connectivity index (χ4n) is 2.86. The number of rotatable bonds is 8. The van der Waals surface area contributed by atoms with Crippen LogP contribution in [0, 0.1) is 6.92 Å². The molecule has 3 aromatic rings. The molecule has 28 heavy (non-hydrogen) atoms. The molecule has 0 aliphatic rings. The Morgan fingerprint density at radius 1 is 1.04 bits per heavy atom. The molecule has 6 heteroatoms. The number of benzene rings is 2. The van der Waals surface area contributed by atoms with Gasteiger partial charge in [0.05, 0.1) is 7.11 Å². The number of amides is 1. The number of aromatic nitrogens is 2. The quantitative estimate of drug-likeness (QED) is 0.630. The average Bonchev–Trinajstić information content (AvgIpc) is 2.73. The third-order valence-corrected chi connectivity index (χ3v) is 4.46. The predicted molar refractivity (Wildman–Crippen MR) is 110 cm³/mol. The Balaban J connectivity index is 1.55. The van der Waals surface area contributed by atoms with Crippen molar-refractivity contribution in [1.82, 2.24) is 15.3 Å². The predicted octanol–water partition coefficient (Wildman–Crippen LogP) is 3.38. The van der Waals surface area contributed by atoms with Crippen molar-refractivity contribution in [3.8, 4) is 5.75 Å². The van der Waals surface area contributed by atoms with E-state index in [4.69, 9.17) is 4.74 Å². The number of aryl methyl sites for hydroxylation is 1. The minimum absolute atomic E-state index is 0.226. The summed E-state index contributed by atoms with van der Waals surface area (Å²) in [4.78, 5) is 20.9. The van der Waals surface area contributed by atoms with E-state index >= 15 is 0 Å². The first-order chi connectivity index (χ1) is 13.7. The molecular weight excluding hydrogens is 352 g/mol. The van der Waals surface area contributed by atoms with Gasteiger partial charge in [-0.1, -0.05) is 42.5 Å². The summed E-state index contributed by atoms with van der Waals surface area (Å²) in [5, 5.41) is 6.07. The first kappa shape index (κ1) is 19.4. The lowest BCUT2D eigenvalue weighted by Gasteiger charge is -2.10. The zero-order valence-corrected chi connectivity index (χ0v) is 16.1. The number of ether oxygens (including phenoxy) is 1. The summed E-state index contributed by atoms with van der Waals surface area (Å²) in [7, 11) is 1.64. The molecule has 2 N–H and O–H groups in total. The number of carbonyl (C=O) groups excluding carboxylic acids is 1. The standard InChI is InChI=1S/C22H24N4O2/c1-16-7-3-4-9-18(16)15-25-22-24-14-12-19(26-22)21(27)23-13-11-17-8-5-6-10-20(17)28-2/h3-10,12,14H,11,13,15H2,1-2H3,(H,23,27)(H,24,25,26). The SMILES string of the molecule is COc1ccccc1CCNC(=O)c1ccnc(NCc2ccccc2C)n1. The van der Waals surface area contributed by atoms with Crippen LogP contribution in [0.15, 0.2) is 60.8 Å². The van der Waals surface area contributed by atoms with Crippen molar-refractivity contribution in [2.75, 3.05) is 19.0 Å². The summed E-state index contributed by atoms with van der Waals surface area (Å²) in [5.41, 5.74) is 3.74. The molecule has 1 heterocycles. The van der Waals surface area contributed by atoms with Crippen molar-refractivity contribution in [3.63, 3.8) is 0 Å². The zero-order valence-electron chi connectivity index (χ0n) is 16.1. The van der Waals surface area contributed by atoms with Crippen LogP contribution in [0.5, 0.6) is 5.75 Å². The summed E-state index contributed by atoms with van der Waals surface area (Å²) in [6.45, 7) is 3.16. The van der Waals surface area contributed by atoms with Crippen molar-refractivity contribution in [2.45, 2.75) is 19.9 Å². The van der Waals surface area contributed by atoms with E-state index in [1.165, 1.54) is 5.56 Å². The van der Waals surface area contributed by atoms with Gasteiger partial charge in [0.25, 0.3) is 5.91 Å². The van der Waals surface area contributed by atoms with Gasteiger partial charge in [0, 0.05) is 19.3 Å².